The average molecular weight is 1220 g/mol. The van der Waals surface area contributed by atoms with Crippen molar-refractivity contribution in [3.63, 3.8) is 0 Å². The highest BCUT2D eigenvalue weighted by Crippen LogP contribution is 2.38. The molecule has 0 bridgehead atoms. The Balaban J connectivity index is 3.95. The van der Waals surface area contributed by atoms with E-state index in [0.29, 0.717) is 17.4 Å². The third kappa shape index (κ3) is 70.0. The molecule has 0 heterocycles. The van der Waals surface area contributed by atoms with Crippen molar-refractivity contribution >= 4 is 19.8 Å². The van der Waals surface area contributed by atoms with Gasteiger partial charge in [-0.1, -0.05) is 310 Å². The summed E-state index contributed by atoms with van der Waals surface area (Å²) in [6, 6.07) is 0. The number of ether oxygens (including phenoxy) is 2. The Morgan fingerprint density at radius 2 is 0.663 bits per heavy atom. The van der Waals surface area contributed by atoms with E-state index in [0.717, 1.165) is 89.9 Å². The van der Waals surface area contributed by atoms with Gasteiger partial charge in [0.1, 0.15) is 19.8 Å². The van der Waals surface area contributed by atoms with E-state index >= 15 is 0 Å². The highest BCUT2D eigenvalue weighted by Gasteiger charge is 2.22. The number of rotatable bonds is 66. The number of hydrogen-bond donors (Lipinski definition) is 0. The SMILES string of the molecule is CC/C=C\C/C=C\C/C=C\C/C=C\C/C=C\C/C=C\CCCCCCCCCCCCCCCCCCCCCCCCC(=O)OC(COC(=O)CCCCCCCCCCC/C=C\C/C=C\CCCCCCC)COP(=O)([O-])OCC[N+](C)(C)C. The summed E-state index contributed by atoms with van der Waals surface area (Å²) >= 11 is 0. The van der Waals surface area contributed by atoms with Gasteiger partial charge in [0, 0.05) is 12.8 Å². The van der Waals surface area contributed by atoms with Crippen molar-refractivity contribution in [3.8, 4) is 0 Å². The number of quaternary nitrogens is 1. The van der Waals surface area contributed by atoms with E-state index in [9.17, 15) is 19.0 Å². The number of phosphoric ester groups is 1. The molecule has 0 saturated carbocycles. The molecule has 0 radical (unpaired) electrons. The third-order valence-corrected chi connectivity index (χ3v) is 16.6. The number of hydrogen-bond acceptors (Lipinski definition) is 8. The first-order valence-electron chi connectivity index (χ1n) is 35.9. The summed E-state index contributed by atoms with van der Waals surface area (Å²) in [5.74, 6) is -0.827. The topological polar surface area (TPSA) is 111 Å². The molecule has 0 fully saturated rings. The van der Waals surface area contributed by atoms with Gasteiger partial charge in [-0.25, -0.2) is 0 Å². The molecule has 2 atom stereocenters. The summed E-state index contributed by atoms with van der Waals surface area (Å²) in [5.41, 5.74) is 0. The molecule has 0 N–H and O–H groups in total. The van der Waals surface area contributed by atoms with Gasteiger partial charge >= 0.3 is 11.9 Å². The van der Waals surface area contributed by atoms with Crippen LogP contribution in [0.4, 0.5) is 0 Å². The summed E-state index contributed by atoms with van der Waals surface area (Å²) in [7, 11) is 1.17. The minimum Gasteiger partial charge on any atom is -0.756 e. The van der Waals surface area contributed by atoms with Crippen molar-refractivity contribution in [1.82, 2.24) is 0 Å². The van der Waals surface area contributed by atoms with Crippen molar-refractivity contribution in [2.75, 3.05) is 47.5 Å². The van der Waals surface area contributed by atoms with Gasteiger partial charge in [-0.2, -0.15) is 0 Å². The molecule has 0 aromatic rings. The lowest BCUT2D eigenvalue weighted by Crippen LogP contribution is -2.37. The van der Waals surface area contributed by atoms with Crippen LogP contribution in [0, 0.1) is 0 Å². The van der Waals surface area contributed by atoms with Gasteiger partial charge in [-0.05, 0) is 96.3 Å². The fraction of sp³-hybridized carbons (Fsp3) is 0.763. The minimum atomic E-state index is -4.64. The zero-order valence-corrected chi connectivity index (χ0v) is 57.6. The Morgan fingerprint density at radius 3 is 0.988 bits per heavy atom. The van der Waals surface area contributed by atoms with Gasteiger partial charge in [0.05, 0.1) is 27.7 Å². The number of likely N-dealkylation sites (N-methyl/N-ethyl adjacent to an activating group) is 1. The third-order valence-electron chi connectivity index (χ3n) is 15.6. The van der Waals surface area contributed by atoms with Crippen molar-refractivity contribution in [3.05, 3.63) is 97.2 Å². The van der Waals surface area contributed by atoms with E-state index in [1.54, 1.807) is 0 Å². The van der Waals surface area contributed by atoms with Crippen LogP contribution in [0.5, 0.6) is 0 Å². The van der Waals surface area contributed by atoms with E-state index in [-0.39, 0.29) is 32.0 Å². The molecule has 498 valence electrons. The van der Waals surface area contributed by atoms with Crippen LogP contribution >= 0.6 is 7.82 Å². The number of unbranched alkanes of at least 4 members (excludes halogenated alkanes) is 36. The Kier molecular flexibility index (Phi) is 64.0. The molecular weight excluding hydrogens is 1090 g/mol. The maximum absolute atomic E-state index is 12.9. The molecule has 0 spiro atoms. The normalized spacial score (nSPS) is 13.7. The molecule has 9 nitrogen and oxygen atoms in total. The Hall–Kier alpha value is -3.07. The lowest BCUT2D eigenvalue weighted by molar-refractivity contribution is -0.870. The fourth-order valence-corrected chi connectivity index (χ4v) is 10.8. The van der Waals surface area contributed by atoms with E-state index in [2.05, 4.69) is 111 Å². The van der Waals surface area contributed by atoms with E-state index in [1.165, 1.54) is 199 Å². The fourth-order valence-electron chi connectivity index (χ4n) is 10.1. The van der Waals surface area contributed by atoms with Crippen LogP contribution in [0.15, 0.2) is 97.2 Å². The molecule has 0 aromatic carbocycles. The zero-order valence-electron chi connectivity index (χ0n) is 56.7. The first-order chi connectivity index (χ1) is 42.0. The first kappa shape index (κ1) is 82.9. The molecule has 0 aliphatic rings. The molecule has 0 rings (SSSR count). The largest absolute Gasteiger partial charge is 0.756 e. The summed E-state index contributed by atoms with van der Waals surface area (Å²) in [6.45, 7) is 4.14. The van der Waals surface area contributed by atoms with Gasteiger partial charge in [-0.3, -0.25) is 14.2 Å². The van der Waals surface area contributed by atoms with Crippen LogP contribution in [0.3, 0.4) is 0 Å². The molecule has 0 amide bonds. The highest BCUT2D eigenvalue weighted by molar-refractivity contribution is 7.45. The highest BCUT2D eigenvalue weighted by atomic mass is 31.2. The lowest BCUT2D eigenvalue weighted by Gasteiger charge is -2.28. The summed E-state index contributed by atoms with van der Waals surface area (Å²) < 4.78 is 34.3. The van der Waals surface area contributed by atoms with E-state index in [1.807, 2.05) is 21.1 Å². The molecule has 0 aromatic heterocycles. The standard InChI is InChI=1S/C76H136NO8P/c1-6-8-10-12-14-16-18-20-22-24-26-28-29-30-31-32-33-34-35-36-37-38-39-40-41-42-43-44-45-46-47-49-51-53-55-57-59-61-63-65-67-69-76(79)85-74(73-84-86(80,81)83-71-70-77(3,4)5)72-82-75(78)68-66-64-62-60-58-56-54-52-50-48-27-25-23-21-19-17-15-13-11-9-7-2/h8,10,14,16,19-22,25-28,30-31,33-34,74H,6-7,9,11-13,15,17-18,23-24,29,32,35-73H2,1-5H3/b10-8-,16-14-,21-19-,22-20-,27-25-,28-26-,31-30-,34-33-. The second-order valence-corrected chi connectivity index (χ2v) is 26.6. The molecule has 10 heteroatoms. The monoisotopic (exact) mass is 1220 g/mol. The second kappa shape index (κ2) is 66.4. The maximum atomic E-state index is 12.9. The molecular formula is C76H136NO8P. The van der Waals surface area contributed by atoms with Crippen LogP contribution in [0.25, 0.3) is 0 Å². The van der Waals surface area contributed by atoms with Gasteiger partial charge in [-0.15, -0.1) is 0 Å². The maximum Gasteiger partial charge on any atom is 0.306 e. The van der Waals surface area contributed by atoms with Gasteiger partial charge in [0.15, 0.2) is 6.10 Å². The molecule has 0 aliphatic carbocycles. The van der Waals surface area contributed by atoms with Crippen LogP contribution in [0.1, 0.15) is 322 Å². The van der Waals surface area contributed by atoms with Crippen LogP contribution in [0.2, 0.25) is 0 Å². The molecule has 0 aliphatic heterocycles. The Bertz CT molecular complexity index is 1770. The average Bonchev–Trinajstić information content (AvgIpc) is 3.70. The number of allylic oxidation sites excluding steroid dienone is 16. The summed E-state index contributed by atoms with van der Waals surface area (Å²) in [5, 5.41) is 0. The quantitative estimate of drug-likeness (QED) is 0.0195. The van der Waals surface area contributed by atoms with Crippen molar-refractivity contribution in [2.45, 2.75) is 328 Å². The number of carbonyl (C=O) groups is 2. The lowest BCUT2D eigenvalue weighted by atomic mass is 10.0. The molecule has 2 unspecified atom stereocenters. The molecule has 0 saturated heterocycles. The molecule has 86 heavy (non-hydrogen) atoms. The van der Waals surface area contributed by atoms with Crippen molar-refractivity contribution in [1.29, 1.82) is 0 Å². The Labute approximate surface area is 532 Å². The van der Waals surface area contributed by atoms with Gasteiger partial charge in [0.2, 0.25) is 0 Å². The van der Waals surface area contributed by atoms with E-state index in [4.69, 9.17) is 18.5 Å². The first-order valence-corrected chi connectivity index (χ1v) is 37.4. The number of esters is 2. The predicted octanol–water partition coefficient (Wildman–Crippen LogP) is 22.9. The van der Waals surface area contributed by atoms with Gasteiger partial charge in [0.25, 0.3) is 7.82 Å². The predicted molar refractivity (Wildman–Crippen MR) is 369 cm³/mol. The number of nitrogens with zero attached hydrogens (tertiary/aromatic N) is 1. The van der Waals surface area contributed by atoms with Crippen LogP contribution in [-0.4, -0.2) is 70.0 Å². The van der Waals surface area contributed by atoms with Crippen LogP contribution in [-0.2, 0) is 32.7 Å². The summed E-state index contributed by atoms with van der Waals surface area (Å²) in [6.07, 6.45) is 92.1. The van der Waals surface area contributed by atoms with Crippen LogP contribution < -0.4 is 4.89 Å². The van der Waals surface area contributed by atoms with Crippen molar-refractivity contribution in [2.24, 2.45) is 0 Å². The number of carbonyl (C=O) groups excluding carboxylic acids is 2. The van der Waals surface area contributed by atoms with E-state index < -0.39 is 26.5 Å². The number of phosphoric acid groups is 1. The van der Waals surface area contributed by atoms with Crippen molar-refractivity contribution < 1.29 is 42.1 Å². The van der Waals surface area contributed by atoms with Gasteiger partial charge < -0.3 is 27.9 Å². The zero-order chi connectivity index (χ0) is 62.6. The summed E-state index contributed by atoms with van der Waals surface area (Å²) in [4.78, 5) is 38.0. The minimum absolute atomic E-state index is 0.0324. The second-order valence-electron chi connectivity index (χ2n) is 25.2. The Morgan fingerprint density at radius 1 is 0.372 bits per heavy atom. The smallest absolute Gasteiger partial charge is 0.306 e.